The minimum absolute atomic E-state index is 0.256. The second-order valence-corrected chi connectivity index (χ2v) is 5.46. The van der Waals surface area contributed by atoms with E-state index in [2.05, 4.69) is 11.8 Å². The lowest BCUT2D eigenvalue weighted by Gasteiger charge is -2.08. The molecule has 0 aliphatic carbocycles. The predicted octanol–water partition coefficient (Wildman–Crippen LogP) is 5.28. The fourth-order valence-corrected chi connectivity index (χ4v) is 2.30. The Kier molecular flexibility index (Phi) is 13.1. The summed E-state index contributed by atoms with van der Waals surface area (Å²) in [6, 6.07) is 0. The van der Waals surface area contributed by atoms with E-state index in [0.717, 1.165) is 12.8 Å². The second kappa shape index (κ2) is 13.6. The highest BCUT2D eigenvalue weighted by atomic mass is 17.0. The Labute approximate surface area is 118 Å². The first-order chi connectivity index (χ1) is 9.16. The third kappa shape index (κ3) is 15.1. The summed E-state index contributed by atoms with van der Waals surface area (Å²) in [4.78, 5) is 14.6. The van der Waals surface area contributed by atoms with Gasteiger partial charge in [0.25, 0.3) is 5.09 Å². The average Bonchev–Trinajstić information content (AvgIpc) is 2.35. The summed E-state index contributed by atoms with van der Waals surface area (Å²) < 4.78 is 0. The first-order valence-corrected chi connectivity index (χ1v) is 7.98. The molecule has 0 bridgehead atoms. The smallest absolute Gasteiger partial charge is 0.294 e. The molecule has 0 saturated heterocycles. The van der Waals surface area contributed by atoms with Crippen molar-refractivity contribution in [3.63, 3.8) is 0 Å². The van der Waals surface area contributed by atoms with Crippen LogP contribution in [0.4, 0.5) is 0 Å². The minimum atomic E-state index is -0.691. The zero-order valence-corrected chi connectivity index (χ0v) is 12.7. The Hall–Kier alpha value is -0.800. The first kappa shape index (κ1) is 18.2. The summed E-state index contributed by atoms with van der Waals surface area (Å²) in [6.45, 7) is 4.01. The zero-order valence-electron chi connectivity index (χ0n) is 12.7. The molecule has 0 saturated carbocycles. The van der Waals surface area contributed by atoms with Crippen molar-refractivity contribution in [3.8, 4) is 0 Å². The van der Waals surface area contributed by atoms with Crippen LogP contribution in [0.3, 0.4) is 0 Å². The lowest BCUT2D eigenvalue weighted by Crippen LogP contribution is -2.12. The lowest BCUT2D eigenvalue weighted by atomic mass is 10.0. The maximum atomic E-state index is 10.1. The molecule has 0 radical (unpaired) electrons. The van der Waals surface area contributed by atoms with Crippen molar-refractivity contribution >= 4 is 0 Å². The number of nitrogens with zero attached hydrogens (tertiary/aromatic N) is 1. The number of hydrogen-bond donors (Lipinski definition) is 0. The molecule has 1 atom stereocenters. The van der Waals surface area contributed by atoms with Crippen LogP contribution in [-0.2, 0) is 4.84 Å². The van der Waals surface area contributed by atoms with Gasteiger partial charge in [0.15, 0.2) is 0 Å². The molecular weight excluding hydrogens is 242 g/mol. The van der Waals surface area contributed by atoms with Gasteiger partial charge in [0.2, 0.25) is 0 Å². The Morgan fingerprint density at radius 1 is 0.895 bits per heavy atom. The average molecular weight is 273 g/mol. The largest absolute Gasteiger partial charge is 0.311 e. The molecule has 0 aromatic rings. The molecule has 0 heterocycles. The van der Waals surface area contributed by atoms with Crippen LogP contribution in [0.1, 0.15) is 90.9 Å². The molecule has 114 valence electrons. The summed E-state index contributed by atoms with van der Waals surface area (Å²) in [5.74, 6) is 0. The van der Waals surface area contributed by atoms with Gasteiger partial charge in [0.1, 0.15) is 6.10 Å². The van der Waals surface area contributed by atoms with Gasteiger partial charge < -0.3 is 4.84 Å². The van der Waals surface area contributed by atoms with E-state index in [1.807, 2.05) is 0 Å². The van der Waals surface area contributed by atoms with Crippen molar-refractivity contribution in [1.29, 1.82) is 0 Å². The summed E-state index contributed by atoms with van der Waals surface area (Å²) in [5.41, 5.74) is 0. The third-order valence-corrected chi connectivity index (χ3v) is 3.48. The summed E-state index contributed by atoms with van der Waals surface area (Å²) >= 11 is 0. The highest BCUT2D eigenvalue weighted by Gasteiger charge is 2.05. The van der Waals surface area contributed by atoms with Crippen LogP contribution in [0.15, 0.2) is 0 Å². The van der Waals surface area contributed by atoms with Crippen molar-refractivity contribution in [2.24, 2.45) is 0 Å². The highest BCUT2D eigenvalue weighted by molar-refractivity contribution is 4.51. The highest BCUT2D eigenvalue weighted by Crippen LogP contribution is 2.13. The molecule has 1 unspecified atom stereocenters. The second-order valence-electron chi connectivity index (χ2n) is 5.46. The van der Waals surface area contributed by atoms with Gasteiger partial charge in [0.05, 0.1) is 0 Å². The van der Waals surface area contributed by atoms with Crippen LogP contribution < -0.4 is 0 Å². The van der Waals surface area contributed by atoms with E-state index < -0.39 is 5.09 Å². The molecule has 0 rings (SSSR count). The predicted molar refractivity (Wildman–Crippen MR) is 78.6 cm³/mol. The molecule has 0 aromatic heterocycles. The fourth-order valence-electron chi connectivity index (χ4n) is 2.30. The molecule has 0 spiro atoms. The molecule has 0 amide bonds. The molecule has 19 heavy (non-hydrogen) atoms. The molecule has 0 aliphatic heterocycles. The Balaban J connectivity index is 3.08. The molecule has 0 aliphatic rings. The van der Waals surface area contributed by atoms with Gasteiger partial charge >= 0.3 is 0 Å². The Morgan fingerprint density at radius 3 is 1.74 bits per heavy atom. The van der Waals surface area contributed by atoms with E-state index in [1.54, 1.807) is 6.92 Å². The van der Waals surface area contributed by atoms with Crippen molar-refractivity contribution in [2.45, 2.75) is 97.0 Å². The van der Waals surface area contributed by atoms with Gasteiger partial charge in [-0.05, 0) is 13.3 Å². The van der Waals surface area contributed by atoms with Gasteiger partial charge in [0, 0.05) is 0 Å². The molecule has 0 fully saturated rings. The van der Waals surface area contributed by atoms with E-state index in [0.29, 0.717) is 0 Å². The topological polar surface area (TPSA) is 52.4 Å². The maximum absolute atomic E-state index is 10.1. The van der Waals surface area contributed by atoms with Crippen LogP contribution in [0, 0.1) is 10.1 Å². The van der Waals surface area contributed by atoms with Crippen molar-refractivity contribution < 1.29 is 9.92 Å². The normalized spacial score (nSPS) is 12.3. The number of rotatable bonds is 14. The number of unbranched alkanes of at least 4 members (excludes halogenated alkanes) is 10. The van der Waals surface area contributed by atoms with Crippen LogP contribution in [0.2, 0.25) is 0 Å². The van der Waals surface area contributed by atoms with Crippen LogP contribution in [-0.4, -0.2) is 11.2 Å². The molecule has 0 N–H and O–H groups in total. The van der Waals surface area contributed by atoms with Gasteiger partial charge in [-0.2, -0.15) is 0 Å². The monoisotopic (exact) mass is 273 g/mol. The molecule has 0 aromatic carbocycles. The Morgan fingerprint density at radius 2 is 1.32 bits per heavy atom. The van der Waals surface area contributed by atoms with E-state index in [9.17, 15) is 10.1 Å². The number of hydrogen-bond acceptors (Lipinski definition) is 3. The van der Waals surface area contributed by atoms with E-state index in [1.165, 1.54) is 64.2 Å². The lowest BCUT2D eigenvalue weighted by molar-refractivity contribution is -0.767. The summed E-state index contributed by atoms with van der Waals surface area (Å²) in [7, 11) is 0. The summed E-state index contributed by atoms with van der Waals surface area (Å²) in [6.07, 6.45) is 14.9. The van der Waals surface area contributed by atoms with Crippen LogP contribution >= 0.6 is 0 Å². The van der Waals surface area contributed by atoms with Gasteiger partial charge in [-0.1, -0.05) is 77.6 Å². The van der Waals surface area contributed by atoms with Crippen LogP contribution in [0.25, 0.3) is 0 Å². The van der Waals surface area contributed by atoms with E-state index >= 15 is 0 Å². The first-order valence-electron chi connectivity index (χ1n) is 7.98. The molecule has 4 nitrogen and oxygen atoms in total. The Bertz CT molecular complexity index is 210. The van der Waals surface area contributed by atoms with Gasteiger partial charge in [-0.3, -0.25) is 0 Å². The SMILES string of the molecule is CCCCCCCCCCCCCC(C)O[N+](=O)[O-]. The van der Waals surface area contributed by atoms with Crippen LogP contribution in [0.5, 0.6) is 0 Å². The van der Waals surface area contributed by atoms with Crippen molar-refractivity contribution in [2.75, 3.05) is 0 Å². The summed E-state index contributed by atoms with van der Waals surface area (Å²) in [5, 5.41) is 9.40. The zero-order chi connectivity index (χ0) is 14.3. The van der Waals surface area contributed by atoms with Gasteiger partial charge in [-0.15, -0.1) is 10.1 Å². The standard InChI is InChI=1S/C15H31NO3/c1-3-4-5-6-7-8-9-10-11-12-13-14-15(2)19-16(17)18/h15H,3-14H2,1-2H3. The maximum Gasteiger partial charge on any atom is 0.294 e. The quantitative estimate of drug-likeness (QED) is 0.245. The van der Waals surface area contributed by atoms with Gasteiger partial charge in [-0.25, -0.2) is 0 Å². The molecule has 4 heteroatoms. The van der Waals surface area contributed by atoms with E-state index in [4.69, 9.17) is 0 Å². The minimum Gasteiger partial charge on any atom is -0.311 e. The van der Waals surface area contributed by atoms with Crippen molar-refractivity contribution in [3.05, 3.63) is 10.1 Å². The molecular formula is C15H31NO3. The third-order valence-electron chi connectivity index (χ3n) is 3.48. The van der Waals surface area contributed by atoms with E-state index in [-0.39, 0.29) is 6.10 Å². The van der Waals surface area contributed by atoms with Crippen molar-refractivity contribution in [1.82, 2.24) is 0 Å². The fraction of sp³-hybridized carbons (Fsp3) is 1.00.